The minimum Gasteiger partial charge on any atom is -0.326 e. The molecule has 17 heavy (non-hydrogen) atoms. The van der Waals surface area contributed by atoms with Crippen molar-refractivity contribution in [2.45, 2.75) is 37.1 Å². The zero-order valence-electron chi connectivity index (χ0n) is 10.3. The zero-order chi connectivity index (χ0) is 11.7. The quantitative estimate of drug-likeness (QED) is 0.821. The first-order valence-corrected chi connectivity index (χ1v) is 7.75. The lowest BCUT2D eigenvalue weighted by atomic mass is 9.90. The molecule has 2 aliphatic carbocycles. The van der Waals surface area contributed by atoms with Crippen LogP contribution >= 0.6 is 11.8 Å². The zero-order valence-corrected chi connectivity index (χ0v) is 11.1. The highest BCUT2D eigenvalue weighted by atomic mass is 32.2. The van der Waals surface area contributed by atoms with E-state index < -0.39 is 0 Å². The van der Waals surface area contributed by atoms with Crippen LogP contribution in [0.15, 0.2) is 29.2 Å². The molecule has 2 saturated carbocycles. The molecule has 1 aromatic rings. The largest absolute Gasteiger partial charge is 0.326 e. The van der Waals surface area contributed by atoms with Crippen LogP contribution in [0.1, 0.15) is 31.2 Å². The van der Waals surface area contributed by atoms with Gasteiger partial charge in [0.25, 0.3) is 0 Å². The molecule has 92 valence electrons. The van der Waals surface area contributed by atoms with Crippen molar-refractivity contribution in [3.63, 3.8) is 0 Å². The molecular weight excluding hydrogens is 226 g/mol. The van der Waals surface area contributed by atoms with Gasteiger partial charge in [0, 0.05) is 17.2 Å². The molecule has 0 saturated heterocycles. The second-order valence-electron chi connectivity index (χ2n) is 5.60. The van der Waals surface area contributed by atoms with Crippen molar-refractivity contribution in [2.75, 3.05) is 5.75 Å². The Hall–Kier alpha value is -0.470. The normalized spacial score (nSPS) is 31.0. The predicted molar refractivity (Wildman–Crippen MR) is 74.0 cm³/mol. The Labute approximate surface area is 108 Å². The number of fused-ring (bicyclic) bond motifs is 2. The fourth-order valence-electron chi connectivity index (χ4n) is 3.55. The third-order valence-electron chi connectivity index (χ3n) is 4.48. The maximum Gasteiger partial charge on any atom is 0.0178 e. The van der Waals surface area contributed by atoms with Crippen LogP contribution in [0.4, 0.5) is 0 Å². The van der Waals surface area contributed by atoms with Crippen LogP contribution in [0.5, 0.6) is 0 Å². The van der Waals surface area contributed by atoms with Gasteiger partial charge in [-0.15, -0.1) is 11.8 Å². The summed E-state index contributed by atoms with van der Waals surface area (Å²) in [6.45, 7) is 0.655. The van der Waals surface area contributed by atoms with E-state index in [1.807, 2.05) is 11.8 Å². The molecule has 0 heterocycles. The van der Waals surface area contributed by atoms with Crippen LogP contribution in [-0.4, -0.2) is 5.75 Å². The summed E-state index contributed by atoms with van der Waals surface area (Å²) in [5, 5.41) is 0. The fraction of sp³-hybridized carbons (Fsp3) is 0.600. The van der Waals surface area contributed by atoms with Gasteiger partial charge < -0.3 is 5.73 Å². The van der Waals surface area contributed by atoms with Gasteiger partial charge in [0.1, 0.15) is 0 Å². The van der Waals surface area contributed by atoms with Gasteiger partial charge in [-0.2, -0.15) is 0 Å². The van der Waals surface area contributed by atoms with E-state index in [2.05, 4.69) is 24.3 Å². The van der Waals surface area contributed by atoms with E-state index in [1.165, 1.54) is 41.9 Å². The van der Waals surface area contributed by atoms with Crippen molar-refractivity contribution >= 4 is 11.8 Å². The maximum atomic E-state index is 5.68. The van der Waals surface area contributed by atoms with Crippen LogP contribution in [0.25, 0.3) is 0 Å². The number of nitrogens with two attached hydrogens (primary N) is 1. The summed E-state index contributed by atoms with van der Waals surface area (Å²) >= 11 is 2.03. The molecule has 2 N–H and O–H groups in total. The maximum absolute atomic E-state index is 5.68. The molecule has 0 spiro atoms. The highest BCUT2D eigenvalue weighted by Crippen LogP contribution is 2.49. The van der Waals surface area contributed by atoms with Gasteiger partial charge in [0.2, 0.25) is 0 Å². The SMILES string of the molecule is NCc1cccc(SCC2CC3CCC2C3)c1. The minimum absolute atomic E-state index is 0.655. The second-order valence-corrected chi connectivity index (χ2v) is 6.69. The van der Waals surface area contributed by atoms with Gasteiger partial charge in [-0.1, -0.05) is 18.6 Å². The molecular formula is C15H21NS. The number of rotatable bonds is 4. The van der Waals surface area contributed by atoms with Gasteiger partial charge in [-0.25, -0.2) is 0 Å². The Morgan fingerprint density at radius 1 is 1.24 bits per heavy atom. The summed E-state index contributed by atoms with van der Waals surface area (Å²) in [7, 11) is 0. The van der Waals surface area contributed by atoms with Crippen molar-refractivity contribution < 1.29 is 0 Å². The Bertz CT molecular complexity index is 390. The molecule has 1 nitrogen and oxygen atoms in total. The van der Waals surface area contributed by atoms with E-state index in [0.29, 0.717) is 6.54 Å². The number of benzene rings is 1. The first-order chi connectivity index (χ1) is 8.35. The molecule has 2 bridgehead atoms. The predicted octanol–water partition coefficient (Wildman–Crippen LogP) is 3.67. The molecule has 2 aliphatic rings. The van der Waals surface area contributed by atoms with Crippen molar-refractivity contribution in [2.24, 2.45) is 23.5 Å². The van der Waals surface area contributed by atoms with Crippen molar-refractivity contribution in [3.8, 4) is 0 Å². The summed E-state index contributed by atoms with van der Waals surface area (Å²) in [6.07, 6.45) is 6.02. The average Bonchev–Trinajstić information content (AvgIpc) is 2.99. The molecule has 2 heteroatoms. The molecule has 0 aromatic heterocycles. The first kappa shape index (κ1) is 11.6. The number of hydrogen-bond acceptors (Lipinski definition) is 2. The van der Waals surface area contributed by atoms with E-state index in [0.717, 1.165) is 17.8 Å². The summed E-state index contributed by atoms with van der Waals surface area (Å²) in [4.78, 5) is 1.40. The Kier molecular flexibility index (Phi) is 3.44. The van der Waals surface area contributed by atoms with Gasteiger partial charge in [0.05, 0.1) is 0 Å². The van der Waals surface area contributed by atoms with Crippen LogP contribution in [0.2, 0.25) is 0 Å². The van der Waals surface area contributed by atoms with Gasteiger partial charge >= 0.3 is 0 Å². The summed E-state index contributed by atoms with van der Waals surface area (Å²) in [5.74, 6) is 4.42. The molecule has 2 fully saturated rings. The molecule has 3 unspecified atom stereocenters. The molecule has 0 radical (unpaired) electrons. The lowest BCUT2D eigenvalue weighted by Gasteiger charge is -2.21. The molecule has 0 amide bonds. The second kappa shape index (κ2) is 5.03. The van der Waals surface area contributed by atoms with Gasteiger partial charge in [-0.05, 0) is 54.7 Å². The summed E-state index contributed by atoms with van der Waals surface area (Å²) in [6, 6.07) is 8.71. The molecule has 3 atom stereocenters. The Morgan fingerprint density at radius 3 is 2.88 bits per heavy atom. The van der Waals surface area contributed by atoms with Gasteiger partial charge in [0.15, 0.2) is 0 Å². The van der Waals surface area contributed by atoms with Crippen molar-refractivity contribution in [1.82, 2.24) is 0 Å². The average molecular weight is 247 g/mol. The number of thioether (sulfide) groups is 1. The standard InChI is InChI=1S/C15H21NS/c16-9-12-2-1-3-15(8-12)17-10-14-7-11-4-5-13(14)6-11/h1-3,8,11,13-14H,4-7,9-10,16H2. The van der Waals surface area contributed by atoms with E-state index in [9.17, 15) is 0 Å². The third-order valence-corrected chi connectivity index (χ3v) is 5.66. The highest BCUT2D eigenvalue weighted by Gasteiger charge is 2.38. The molecule has 3 rings (SSSR count). The van der Waals surface area contributed by atoms with Crippen LogP contribution in [0, 0.1) is 17.8 Å². The van der Waals surface area contributed by atoms with Crippen LogP contribution < -0.4 is 5.73 Å². The van der Waals surface area contributed by atoms with Gasteiger partial charge in [-0.3, -0.25) is 0 Å². The first-order valence-electron chi connectivity index (χ1n) is 6.77. The lowest BCUT2D eigenvalue weighted by molar-refractivity contribution is 0.365. The summed E-state index contributed by atoms with van der Waals surface area (Å²) < 4.78 is 0. The molecule has 1 aromatic carbocycles. The highest BCUT2D eigenvalue weighted by molar-refractivity contribution is 7.99. The van der Waals surface area contributed by atoms with E-state index in [1.54, 1.807) is 0 Å². The van der Waals surface area contributed by atoms with Crippen LogP contribution in [0.3, 0.4) is 0 Å². The van der Waals surface area contributed by atoms with E-state index in [-0.39, 0.29) is 0 Å². The lowest BCUT2D eigenvalue weighted by Crippen LogP contribution is -2.12. The Balaban J connectivity index is 1.56. The third kappa shape index (κ3) is 2.53. The van der Waals surface area contributed by atoms with Crippen LogP contribution in [-0.2, 0) is 6.54 Å². The minimum atomic E-state index is 0.655. The van der Waals surface area contributed by atoms with E-state index >= 15 is 0 Å². The van der Waals surface area contributed by atoms with E-state index in [4.69, 9.17) is 5.73 Å². The topological polar surface area (TPSA) is 26.0 Å². The smallest absolute Gasteiger partial charge is 0.0178 e. The monoisotopic (exact) mass is 247 g/mol. The fourth-order valence-corrected chi connectivity index (χ4v) is 4.77. The van der Waals surface area contributed by atoms with Crippen molar-refractivity contribution in [3.05, 3.63) is 29.8 Å². The number of hydrogen-bond donors (Lipinski definition) is 1. The molecule has 0 aliphatic heterocycles. The summed E-state index contributed by atoms with van der Waals surface area (Å²) in [5.41, 5.74) is 6.93. The Morgan fingerprint density at radius 2 is 2.18 bits per heavy atom. The van der Waals surface area contributed by atoms with Crippen molar-refractivity contribution in [1.29, 1.82) is 0 Å².